The van der Waals surface area contributed by atoms with Crippen molar-refractivity contribution in [2.75, 3.05) is 6.54 Å². The standard InChI is InChI=1S/C26H39N3O/c1-7-19(8-2)26(30)27-16-21-13-18(5)20(14-22(21)17(3)4)15-25-28-23-11-9-10-12-24(23)29(25)6/h9-13,17,19-22H,7-8,14-16H2,1-6H3,(H,27,30). The summed E-state index contributed by atoms with van der Waals surface area (Å²) in [4.78, 5) is 17.4. The van der Waals surface area contributed by atoms with E-state index in [-0.39, 0.29) is 11.8 Å². The molecule has 0 aliphatic heterocycles. The molecule has 2 aromatic rings. The number of hydrogen-bond donors (Lipinski definition) is 1. The van der Waals surface area contributed by atoms with Gasteiger partial charge in [-0.25, -0.2) is 4.98 Å². The van der Waals surface area contributed by atoms with Crippen LogP contribution in [0.15, 0.2) is 35.9 Å². The quantitative estimate of drug-likeness (QED) is 0.583. The number of aryl methyl sites for hydroxylation is 1. The Morgan fingerprint density at radius 1 is 1.23 bits per heavy atom. The van der Waals surface area contributed by atoms with Crippen molar-refractivity contribution in [3.05, 3.63) is 41.7 Å². The molecule has 3 rings (SSSR count). The Bertz CT molecular complexity index is 891. The minimum Gasteiger partial charge on any atom is -0.355 e. The van der Waals surface area contributed by atoms with Crippen LogP contribution < -0.4 is 5.32 Å². The number of hydrogen-bond acceptors (Lipinski definition) is 2. The molecule has 0 fully saturated rings. The summed E-state index contributed by atoms with van der Waals surface area (Å²) in [7, 11) is 2.13. The molecule has 1 N–H and O–H groups in total. The summed E-state index contributed by atoms with van der Waals surface area (Å²) in [5.41, 5.74) is 3.72. The highest BCUT2D eigenvalue weighted by atomic mass is 16.1. The van der Waals surface area contributed by atoms with E-state index in [0.29, 0.717) is 23.7 Å². The Hall–Kier alpha value is -2.10. The number of amides is 1. The predicted octanol–water partition coefficient (Wildman–Crippen LogP) is 5.52. The van der Waals surface area contributed by atoms with E-state index in [2.05, 4.69) is 81.9 Å². The molecule has 1 aromatic heterocycles. The molecular formula is C26H39N3O. The Labute approximate surface area is 182 Å². The van der Waals surface area contributed by atoms with Crippen LogP contribution in [0.2, 0.25) is 0 Å². The molecule has 164 valence electrons. The van der Waals surface area contributed by atoms with Gasteiger partial charge in [-0.2, -0.15) is 0 Å². The second-order valence-electron chi connectivity index (χ2n) is 9.45. The molecule has 30 heavy (non-hydrogen) atoms. The molecule has 1 heterocycles. The summed E-state index contributed by atoms with van der Waals surface area (Å²) >= 11 is 0. The van der Waals surface area contributed by atoms with Crippen LogP contribution in [-0.2, 0) is 18.3 Å². The number of benzene rings is 1. The summed E-state index contributed by atoms with van der Waals surface area (Å²) in [6.45, 7) is 11.9. The van der Waals surface area contributed by atoms with Crippen LogP contribution in [0, 0.1) is 29.6 Å². The van der Waals surface area contributed by atoms with Gasteiger partial charge in [-0.3, -0.25) is 4.79 Å². The van der Waals surface area contributed by atoms with E-state index in [1.165, 1.54) is 11.1 Å². The van der Waals surface area contributed by atoms with Gasteiger partial charge in [0, 0.05) is 25.9 Å². The first-order valence-electron chi connectivity index (χ1n) is 11.7. The van der Waals surface area contributed by atoms with E-state index >= 15 is 0 Å². The maximum atomic E-state index is 12.5. The van der Waals surface area contributed by atoms with Crippen LogP contribution in [-0.4, -0.2) is 22.0 Å². The fraction of sp³-hybridized carbons (Fsp3) is 0.615. The topological polar surface area (TPSA) is 46.9 Å². The number of para-hydroxylation sites is 2. The minimum absolute atomic E-state index is 0.140. The van der Waals surface area contributed by atoms with Gasteiger partial charge >= 0.3 is 0 Å². The van der Waals surface area contributed by atoms with Gasteiger partial charge in [0.2, 0.25) is 5.91 Å². The number of aromatic nitrogens is 2. The molecule has 0 spiro atoms. The highest BCUT2D eigenvalue weighted by Gasteiger charge is 2.32. The molecule has 3 unspecified atom stereocenters. The van der Waals surface area contributed by atoms with Gasteiger partial charge in [0.25, 0.3) is 0 Å². The van der Waals surface area contributed by atoms with E-state index in [9.17, 15) is 4.79 Å². The number of carbonyl (C=O) groups is 1. The van der Waals surface area contributed by atoms with Gasteiger partial charge in [0.05, 0.1) is 11.0 Å². The van der Waals surface area contributed by atoms with Crippen molar-refractivity contribution in [1.82, 2.24) is 14.9 Å². The third-order valence-electron chi connectivity index (χ3n) is 7.26. The zero-order chi connectivity index (χ0) is 21.8. The van der Waals surface area contributed by atoms with Crippen molar-refractivity contribution in [2.45, 2.75) is 60.3 Å². The molecule has 4 nitrogen and oxygen atoms in total. The number of fused-ring (bicyclic) bond motifs is 1. The lowest BCUT2D eigenvalue weighted by Crippen LogP contribution is -2.39. The van der Waals surface area contributed by atoms with Crippen LogP contribution >= 0.6 is 0 Å². The third-order valence-corrected chi connectivity index (χ3v) is 7.26. The third kappa shape index (κ3) is 4.79. The van der Waals surface area contributed by atoms with Gasteiger partial charge in [0.15, 0.2) is 0 Å². The Morgan fingerprint density at radius 3 is 2.57 bits per heavy atom. The maximum absolute atomic E-state index is 12.5. The largest absolute Gasteiger partial charge is 0.355 e. The minimum atomic E-state index is 0.140. The molecule has 1 aliphatic rings. The average Bonchev–Trinajstić information content (AvgIpc) is 3.04. The van der Waals surface area contributed by atoms with Gasteiger partial charge in [-0.15, -0.1) is 0 Å². The number of rotatable bonds is 8. The summed E-state index contributed by atoms with van der Waals surface area (Å²) in [6, 6.07) is 8.37. The number of allylic oxidation sites excluding steroid dienone is 1. The molecule has 3 atom stereocenters. The number of nitrogens with zero attached hydrogens (tertiary/aromatic N) is 2. The summed E-state index contributed by atoms with van der Waals surface area (Å²) in [5.74, 6) is 3.62. The monoisotopic (exact) mass is 409 g/mol. The fourth-order valence-corrected chi connectivity index (χ4v) is 5.13. The molecule has 0 saturated carbocycles. The lowest BCUT2D eigenvalue weighted by Gasteiger charge is -2.37. The van der Waals surface area contributed by atoms with Crippen molar-refractivity contribution in [3.8, 4) is 0 Å². The summed E-state index contributed by atoms with van der Waals surface area (Å²) in [6.07, 6.45) is 6.40. The smallest absolute Gasteiger partial charge is 0.223 e. The molecule has 1 aliphatic carbocycles. The first kappa shape index (κ1) is 22.6. The molecule has 0 saturated heterocycles. The molecule has 4 heteroatoms. The van der Waals surface area contributed by atoms with Crippen LogP contribution in [0.25, 0.3) is 11.0 Å². The van der Waals surface area contributed by atoms with Crippen LogP contribution in [0.4, 0.5) is 0 Å². The van der Waals surface area contributed by atoms with Crippen molar-refractivity contribution in [3.63, 3.8) is 0 Å². The highest BCUT2D eigenvalue weighted by Crippen LogP contribution is 2.39. The zero-order valence-electron chi connectivity index (χ0n) is 19.6. The van der Waals surface area contributed by atoms with Crippen molar-refractivity contribution < 1.29 is 4.79 Å². The zero-order valence-corrected chi connectivity index (χ0v) is 19.6. The predicted molar refractivity (Wildman–Crippen MR) is 125 cm³/mol. The van der Waals surface area contributed by atoms with Crippen molar-refractivity contribution >= 4 is 16.9 Å². The highest BCUT2D eigenvalue weighted by molar-refractivity contribution is 5.78. The van der Waals surface area contributed by atoms with Gasteiger partial charge < -0.3 is 9.88 Å². The molecule has 0 bridgehead atoms. The van der Waals surface area contributed by atoms with Crippen LogP contribution in [0.5, 0.6) is 0 Å². The van der Waals surface area contributed by atoms with Gasteiger partial charge in [0.1, 0.15) is 5.82 Å². The van der Waals surface area contributed by atoms with E-state index in [4.69, 9.17) is 4.98 Å². The first-order chi connectivity index (χ1) is 14.3. The van der Waals surface area contributed by atoms with Gasteiger partial charge in [-0.1, -0.05) is 51.5 Å². The summed E-state index contributed by atoms with van der Waals surface area (Å²) < 4.78 is 2.24. The van der Waals surface area contributed by atoms with Crippen LogP contribution in [0.3, 0.4) is 0 Å². The van der Waals surface area contributed by atoms with Crippen LogP contribution in [0.1, 0.15) is 59.7 Å². The lowest BCUT2D eigenvalue weighted by atomic mass is 9.69. The van der Waals surface area contributed by atoms with E-state index in [0.717, 1.165) is 43.6 Å². The SMILES string of the molecule is CCC(CC)C(=O)NCC1C=C(C)C(Cc2nc3ccccc3n2C)CC1C(C)C. The summed E-state index contributed by atoms with van der Waals surface area (Å²) in [5, 5.41) is 3.25. The maximum Gasteiger partial charge on any atom is 0.223 e. The van der Waals surface area contributed by atoms with Gasteiger partial charge in [-0.05, 0) is 62.0 Å². The van der Waals surface area contributed by atoms with E-state index < -0.39 is 0 Å². The molecular weight excluding hydrogens is 370 g/mol. The second-order valence-corrected chi connectivity index (χ2v) is 9.45. The number of carbonyl (C=O) groups excluding carboxylic acids is 1. The average molecular weight is 410 g/mol. The Morgan fingerprint density at radius 2 is 1.93 bits per heavy atom. The molecule has 1 aromatic carbocycles. The molecule has 0 radical (unpaired) electrons. The Balaban J connectivity index is 1.74. The number of nitrogens with one attached hydrogen (secondary N) is 1. The van der Waals surface area contributed by atoms with Crippen molar-refractivity contribution in [2.24, 2.45) is 36.6 Å². The first-order valence-corrected chi connectivity index (χ1v) is 11.7. The van der Waals surface area contributed by atoms with E-state index in [1.807, 2.05) is 0 Å². The van der Waals surface area contributed by atoms with E-state index in [1.54, 1.807) is 0 Å². The second kappa shape index (κ2) is 9.80. The molecule has 1 amide bonds. The fourth-order valence-electron chi connectivity index (χ4n) is 5.13. The normalized spacial score (nSPS) is 22.0. The number of imidazole rings is 1. The van der Waals surface area contributed by atoms with Crippen molar-refractivity contribution in [1.29, 1.82) is 0 Å². The lowest BCUT2D eigenvalue weighted by molar-refractivity contribution is -0.125. The Kier molecular flexibility index (Phi) is 7.38.